The second-order valence-electron chi connectivity index (χ2n) is 4.55. The first kappa shape index (κ1) is 14.8. The minimum Gasteiger partial charge on any atom is -0.506 e. The Morgan fingerprint density at radius 3 is 2.89 bits per heavy atom. The van der Waals surface area contributed by atoms with E-state index in [1.165, 1.54) is 0 Å². The van der Waals surface area contributed by atoms with Crippen molar-refractivity contribution in [3.05, 3.63) is 23.8 Å². The first-order valence-electron chi connectivity index (χ1n) is 5.98. The average Bonchev–Trinajstić information content (AvgIpc) is 2.34. The summed E-state index contributed by atoms with van der Waals surface area (Å²) in [5, 5.41) is 15.7. The Morgan fingerprint density at radius 1 is 1.50 bits per heavy atom. The number of benzene rings is 1. The summed E-state index contributed by atoms with van der Waals surface area (Å²) in [5.74, 6) is 0.114. The van der Waals surface area contributed by atoms with Gasteiger partial charge in [-0.25, -0.2) is 0 Å². The Labute approximate surface area is 113 Å². The number of rotatable bonds is 2. The van der Waals surface area contributed by atoms with Crippen LogP contribution in [0.15, 0.2) is 18.2 Å². The number of nitrogens with one attached hydrogen (secondary N) is 2. The van der Waals surface area contributed by atoms with Gasteiger partial charge in [0.1, 0.15) is 5.75 Å². The molecule has 1 fully saturated rings. The number of amides is 1. The van der Waals surface area contributed by atoms with Crippen LogP contribution >= 0.6 is 12.4 Å². The van der Waals surface area contributed by atoms with E-state index < -0.39 is 0 Å². The lowest BCUT2D eigenvalue weighted by Gasteiger charge is -2.22. The summed E-state index contributed by atoms with van der Waals surface area (Å²) >= 11 is 0. The van der Waals surface area contributed by atoms with Crippen LogP contribution in [0.5, 0.6) is 5.75 Å². The van der Waals surface area contributed by atoms with Gasteiger partial charge in [0.05, 0.1) is 11.6 Å². The number of piperidine rings is 1. The van der Waals surface area contributed by atoms with Gasteiger partial charge in [-0.2, -0.15) is 0 Å². The third-order valence-electron chi connectivity index (χ3n) is 3.08. The average molecular weight is 271 g/mol. The Bertz CT molecular complexity index is 417. The maximum absolute atomic E-state index is 11.9. The molecule has 1 saturated heterocycles. The van der Waals surface area contributed by atoms with Crippen molar-refractivity contribution >= 4 is 24.0 Å². The van der Waals surface area contributed by atoms with Gasteiger partial charge in [-0.1, -0.05) is 6.07 Å². The van der Waals surface area contributed by atoms with E-state index in [0.717, 1.165) is 31.5 Å². The minimum atomic E-state index is -0.0173. The van der Waals surface area contributed by atoms with E-state index in [0.29, 0.717) is 5.69 Å². The van der Waals surface area contributed by atoms with Crippen LogP contribution in [-0.4, -0.2) is 24.1 Å². The number of aryl methyl sites for hydroxylation is 1. The molecule has 1 aliphatic rings. The third-order valence-corrected chi connectivity index (χ3v) is 3.08. The molecule has 2 rings (SSSR count). The number of aromatic hydroxyl groups is 1. The van der Waals surface area contributed by atoms with Crippen molar-refractivity contribution in [3.63, 3.8) is 0 Å². The minimum absolute atomic E-state index is 0. The maximum Gasteiger partial charge on any atom is 0.228 e. The zero-order chi connectivity index (χ0) is 12.3. The highest BCUT2D eigenvalue weighted by atomic mass is 35.5. The fraction of sp³-hybridized carbons (Fsp3) is 0.462. The molecule has 0 spiro atoms. The molecule has 1 amide bonds. The van der Waals surface area contributed by atoms with Crippen LogP contribution in [0.2, 0.25) is 0 Å². The lowest BCUT2D eigenvalue weighted by atomic mass is 9.99. The number of carbonyl (C=O) groups excluding carboxylic acids is 1. The number of phenols is 1. The Hall–Kier alpha value is -1.26. The van der Waals surface area contributed by atoms with E-state index in [1.54, 1.807) is 12.1 Å². The quantitative estimate of drug-likeness (QED) is 0.721. The van der Waals surface area contributed by atoms with E-state index in [2.05, 4.69) is 10.6 Å². The Balaban J connectivity index is 0.00000162. The highest BCUT2D eigenvalue weighted by molar-refractivity contribution is 5.94. The lowest BCUT2D eigenvalue weighted by molar-refractivity contribution is -0.120. The molecule has 100 valence electrons. The summed E-state index contributed by atoms with van der Waals surface area (Å²) in [6.45, 7) is 3.61. The smallest absolute Gasteiger partial charge is 0.228 e. The van der Waals surface area contributed by atoms with Crippen LogP contribution in [0, 0.1) is 12.8 Å². The molecule has 1 aromatic carbocycles. The molecule has 0 radical (unpaired) electrons. The van der Waals surface area contributed by atoms with Crippen molar-refractivity contribution < 1.29 is 9.90 Å². The van der Waals surface area contributed by atoms with Gasteiger partial charge in [0.15, 0.2) is 0 Å². The third kappa shape index (κ3) is 3.62. The summed E-state index contributed by atoms with van der Waals surface area (Å²) in [7, 11) is 0. The SMILES string of the molecule is Cc1ccc(NC(=O)C2CCCNC2)c(O)c1.Cl. The summed E-state index contributed by atoms with van der Waals surface area (Å²) in [6, 6.07) is 5.25. The number of phenolic OH excluding ortho intramolecular Hbond substituents is 1. The van der Waals surface area contributed by atoms with Gasteiger partial charge in [-0.3, -0.25) is 4.79 Å². The van der Waals surface area contributed by atoms with Gasteiger partial charge in [0, 0.05) is 6.54 Å². The molecule has 3 N–H and O–H groups in total. The molecule has 1 aromatic rings. The highest BCUT2D eigenvalue weighted by Gasteiger charge is 2.21. The van der Waals surface area contributed by atoms with E-state index in [1.807, 2.05) is 13.0 Å². The van der Waals surface area contributed by atoms with E-state index >= 15 is 0 Å². The molecular formula is C13H19ClN2O2. The topological polar surface area (TPSA) is 61.4 Å². The molecule has 0 aliphatic carbocycles. The summed E-state index contributed by atoms with van der Waals surface area (Å²) in [4.78, 5) is 11.9. The van der Waals surface area contributed by atoms with Gasteiger partial charge in [0.2, 0.25) is 5.91 Å². The molecule has 1 atom stereocenters. The molecule has 4 nitrogen and oxygen atoms in total. The first-order chi connectivity index (χ1) is 8.16. The van der Waals surface area contributed by atoms with Crippen LogP contribution in [0.4, 0.5) is 5.69 Å². The molecule has 1 aliphatic heterocycles. The zero-order valence-corrected chi connectivity index (χ0v) is 11.2. The Morgan fingerprint density at radius 2 is 2.28 bits per heavy atom. The summed E-state index contributed by atoms with van der Waals surface area (Å²) in [5.41, 5.74) is 1.46. The fourth-order valence-corrected chi connectivity index (χ4v) is 2.06. The second kappa shape index (κ2) is 6.61. The number of hydrogen-bond acceptors (Lipinski definition) is 3. The van der Waals surface area contributed by atoms with Crippen molar-refractivity contribution in [2.75, 3.05) is 18.4 Å². The number of hydrogen-bond donors (Lipinski definition) is 3. The van der Waals surface area contributed by atoms with Gasteiger partial charge in [-0.05, 0) is 44.0 Å². The highest BCUT2D eigenvalue weighted by Crippen LogP contribution is 2.25. The monoisotopic (exact) mass is 270 g/mol. The second-order valence-corrected chi connectivity index (χ2v) is 4.55. The largest absolute Gasteiger partial charge is 0.506 e. The number of anilines is 1. The molecular weight excluding hydrogens is 252 g/mol. The van der Waals surface area contributed by atoms with Gasteiger partial charge in [0.25, 0.3) is 0 Å². The summed E-state index contributed by atoms with van der Waals surface area (Å²) in [6.07, 6.45) is 1.93. The predicted molar refractivity (Wildman–Crippen MR) is 74.3 cm³/mol. The standard InChI is InChI=1S/C13H18N2O2.ClH/c1-9-4-5-11(12(16)7-9)15-13(17)10-3-2-6-14-8-10;/h4-5,7,10,14,16H,2-3,6,8H2,1H3,(H,15,17);1H. The zero-order valence-electron chi connectivity index (χ0n) is 10.4. The molecule has 1 heterocycles. The van der Waals surface area contributed by atoms with Gasteiger partial charge >= 0.3 is 0 Å². The fourth-order valence-electron chi connectivity index (χ4n) is 2.06. The molecule has 5 heteroatoms. The van der Waals surface area contributed by atoms with Gasteiger partial charge in [-0.15, -0.1) is 12.4 Å². The molecule has 0 aromatic heterocycles. The summed E-state index contributed by atoms with van der Waals surface area (Å²) < 4.78 is 0. The van der Waals surface area contributed by atoms with Crippen molar-refractivity contribution in [1.82, 2.24) is 5.32 Å². The number of carbonyl (C=O) groups is 1. The van der Waals surface area contributed by atoms with Crippen LogP contribution < -0.4 is 10.6 Å². The molecule has 0 bridgehead atoms. The molecule has 1 unspecified atom stereocenters. The maximum atomic E-state index is 11.9. The van der Waals surface area contributed by atoms with E-state index in [4.69, 9.17) is 0 Å². The van der Waals surface area contributed by atoms with Crippen LogP contribution in [0.25, 0.3) is 0 Å². The Kier molecular flexibility index (Phi) is 5.44. The van der Waals surface area contributed by atoms with Crippen LogP contribution in [0.3, 0.4) is 0 Å². The predicted octanol–water partition coefficient (Wildman–Crippen LogP) is 2.06. The van der Waals surface area contributed by atoms with Crippen molar-refractivity contribution in [3.8, 4) is 5.75 Å². The van der Waals surface area contributed by atoms with Crippen molar-refractivity contribution in [2.45, 2.75) is 19.8 Å². The normalized spacial score (nSPS) is 18.8. The molecule has 0 saturated carbocycles. The van der Waals surface area contributed by atoms with E-state index in [-0.39, 0.29) is 30.0 Å². The molecule has 18 heavy (non-hydrogen) atoms. The van der Waals surface area contributed by atoms with Crippen LogP contribution in [0.1, 0.15) is 18.4 Å². The first-order valence-corrected chi connectivity index (χ1v) is 5.98. The number of halogens is 1. The van der Waals surface area contributed by atoms with Gasteiger partial charge < -0.3 is 15.7 Å². The van der Waals surface area contributed by atoms with E-state index in [9.17, 15) is 9.90 Å². The van der Waals surface area contributed by atoms with Crippen molar-refractivity contribution in [1.29, 1.82) is 0 Å². The van der Waals surface area contributed by atoms with Crippen LogP contribution in [-0.2, 0) is 4.79 Å². The van der Waals surface area contributed by atoms with Crippen molar-refractivity contribution in [2.24, 2.45) is 5.92 Å². The lowest BCUT2D eigenvalue weighted by Crippen LogP contribution is -2.37.